The van der Waals surface area contributed by atoms with Crippen molar-refractivity contribution in [1.29, 1.82) is 0 Å². The summed E-state index contributed by atoms with van der Waals surface area (Å²) in [5, 5.41) is 0. The van der Waals surface area contributed by atoms with Gasteiger partial charge in [0.05, 0.1) is 12.2 Å². The Kier molecular flexibility index (Phi) is 5.36. The van der Waals surface area contributed by atoms with Crippen molar-refractivity contribution in [1.82, 2.24) is 0 Å². The van der Waals surface area contributed by atoms with Crippen LogP contribution in [0.1, 0.15) is 85.6 Å². The second-order valence-electron chi connectivity index (χ2n) is 8.79. The fourth-order valence-corrected chi connectivity index (χ4v) is 5.16. The van der Waals surface area contributed by atoms with Crippen LogP contribution < -0.4 is 0 Å². The number of esters is 1. The molecule has 2 aromatic rings. The highest BCUT2D eigenvalue weighted by atomic mass is 32.1. The fraction of sp³-hybridized carbons (Fsp3) is 0.458. The van der Waals surface area contributed by atoms with Gasteiger partial charge in [-0.05, 0) is 72.4 Å². The second kappa shape index (κ2) is 7.27. The molecule has 0 fully saturated rings. The smallest absolute Gasteiger partial charge is 0.338 e. The summed E-state index contributed by atoms with van der Waals surface area (Å²) >= 11 is 1.94. The molecule has 0 aliphatic heterocycles. The summed E-state index contributed by atoms with van der Waals surface area (Å²) in [6.07, 6.45) is 4.68. The van der Waals surface area contributed by atoms with Gasteiger partial charge in [0.1, 0.15) is 0 Å². The van der Waals surface area contributed by atoms with Crippen LogP contribution in [-0.2, 0) is 15.6 Å². The third-order valence-corrected chi connectivity index (χ3v) is 7.28. The Hall–Kier alpha value is -1.87. The summed E-state index contributed by atoms with van der Waals surface area (Å²) in [6.45, 7) is 13.9. The van der Waals surface area contributed by atoms with Gasteiger partial charge < -0.3 is 4.74 Å². The minimum atomic E-state index is -0.264. The van der Waals surface area contributed by atoms with E-state index in [2.05, 4.69) is 46.8 Å². The van der Waals surface area contributed by atoms with Crippen molar-refractivity contribution in [2.45, 2.75) is 65.2 Å². The lowest BCUT2D eigenvalue weighted by Crippen LogP contribution is -2.31. The number of hydrogen-bond donors (Lipinski definition) is 0. The van der Waals surface area contributed by atoms with E-state index in [4.69, 9.17) is 4.74 Å². The average molecular weight is 383 g/mol. The first kappa shape index (κ1) is 19.9. The van der Waals surface area contributed by atoms with Gasteiger partial charge >= 0.3 is 5.97 Å². The standard InChI is InChI=1S/C24H30O2S/c1-7-26-22(25)18-10-8-17(9-11-18)14-16(2)20-15-19-21(27-20)24(5,6)13-12-23(19,3)4/h8-11,14-15H,7,12-13H2,1-6H3/b16-14+. The molecule has 3 heteroatoms. The largest absolute Gasteiger partial charge is 0.462 e. The number of thiophene rings is 1. The minimum absolute atomic E-state index is 0.251. The highest BCUT2D eigenvalue weighted by Gasteiger charge is 2.38. The van der Waals surface area contributed by atoms with Crippen LogP contribution in [0.2, 0.25) is 0 Å². The van der Waals surface area contributed by atoms with Crippen LogP contribution in [0, 0.1) is 0 Å². The van der Waals surface area contributed by atoms with Crippen LogP contribution >= 0.6 is 11.3 Å². The molecule has 2 nitrogen and oxygen atoms in total. The van der Waals surface area contributed by atoms with E-state index in [0.717, 1.165) is 5.56 Å². The van der Waals surface area contributed by atoms with Gasteiger partial charge in [0, 0.05) is 9.75 Å². The van der Waals surface area contributed by atoms with E-state index in [9.17, 15) is 4.79 Å². The number of benzene rings is 1. The predicted octanol–water partition coefficient (Wildman–Crippen LogP) is 6.83. The van der Waals surface area contributed by atoms with Crippen LogP contribution in [0.4, 0.5) is 0 Å². The molecule has 1 aliphatic carbocycles. The van der Waals surface area contributed by atoms with Crippen molar-refractivity contribution in [3.05, 3.63) is 56.8 Å². The summed E-state index contributed by atoms with van der Waals surface area (Å²) in [5.74, 6) is -0.264. The van der Waals surface area contributed by atoms with E-state index in [1.54, 1.807) is 4.88 Å². The van der Waals surface area contributed by atoms with E-state index >= 15 is 0 Å². The Morgan fingerprint density at radius 3 is 2.33 bits per heavy atom. The molecule has 1 heterocycles. The van der Waals surface area contributed by atoms with E-state index < -0.39 is 0 Å². The van der Waals surface area contributed by atoms with Gasteiger partial charge in [-0.15, -0.1) is 11.3 Å². The molecule has 144 valence electrons. The fourth-order valence-electron chi connectivity index (χ4n) is 3.71. The average Bonchev–Trinajstić information content (AvgIpc) is 3.08. The van der Waals surface area contributed by atoms with Crippen molar-refractivity contribution >= 4 is 29.0 Å². The first-order valence-corrected chi connectivity index (χ1v) is 10.6. The van der Waals surface area contributed by atoms with Crippen LogP contribution in [0.5, 0.6) is 0 Å². The molecule has 0 saturated carbocycles. The maximum Gasteiger partial charge on any atom is 0.338 e. The highest BCUT2D eigenvalue weighted by Crippen LogP contribution is 2.50. The SMILES string of the molecule is CCOC(=O)c1ccc(/C=C(\C)c2cc3c(s2)C(C)(C)CCC3(C)C)cc1. The van der Waals surface area contributed by atoms with Gasteiger partial charge in [-0.3, -0.25) is 0 Å². The molecule has 1 aromatic heterocycles. The van der Waals surface area contributed by atoms with Gasteiger partial charge in [0.25, 0.3) is 0 Å². The highest BCUT2D eigenvalue weighted by molar-refractivity contribution is 7.13. The summed E-state index contributed by atoms with van der Waals surface area (Å²) in [5.41, 5.74) is 5.00. The quantitative estimate of drug-likeness (QED) is 0.541. The Morgan fingerprint density at radius 2 is 1.74 bits per heavy atom. The summed E-state index contributed by atoms with van der Waals surface area (Å²) in [4.78, 5) is 14.7. The minimum Gasteiger partial charge on any atom is -0.462 e. The van der Waals surface area contributed by atoms with E-state index in [0.29, 0.717) is 12.2 Å². The number of ether oxygens (including phenoxy) is 1. The van der Waals surface area contributed by atoms with Crippen LogP contribution in [0.3, 0.4) is 0 Å². The lowest BCUT2D eigenvalue weighted by molar-refractivity contribution is 0.0526. The molecule has 0 N–H and O–H groups in total. The molecule has 1 aromatic carbocycles. The normalized spacial score (nSPS) is 18.1. The molecule has 0 bridgehead atoms. The van der Waals surface area contributed by atoms with Crippen molar-refractivity contribution in [2.75, 3.05) is 6.61 Å². The van der Waals surface area contributed by atoms with Crippen LogP contribution in [0.25, 0.3) is 11.6 Å². The van der Waals surface area contributed by atoms with Crippen LogP contribution in [0.15, 0.2) is 30.3 Å². The summed E-state index contributed by atoms with van der Waals surface area (Å²) in [7, 11) is 0. The van der Waals surface area contributed by atoms with Crippen molar-refractivity contribution < 1.29 is 9.53 Å². The Bertz CT molecular complexity index is 833. The molecular formula is C24H30O2S. The zero-order chi connectivity index (χ0) is 19.8. The Balaban J connectivity index is 1.89. The van der Waals surface area contributed by atoms with E-state index in [1.165, 1.54) is 28.9 Å². The molecule has 0 saturated heterocycles. The number of carbonyl (C=O) groups is 1. The predicted molar refractivity (Wildman–Crippen MR) is 116 cm³/mol. The van der Waals surface area contributed by atoms with Gasteiger partial charge in [-0.25, -0.2) is 4.79 Å². The number of carbonyl (C=O) groups excluding carboxylic acids is 1. The molecule has 27 heavy (non-hydrogen) atoms. The molecule has 0 amide bonds. The van der Waals surface area contributed by atoms with Crippen molar-refractivity contribution in [2.24, 2.45) is 0 Å². The van der Waals surface area contributed by atoms with E-state index in [1.807, 2.05) is 42.5 Å². The van der Waals surface area contributed by atoms with E-state index in [-0.39, 0.29) is 16.8 Å². The van der Waals surface area contributed by atoms with Crippen molar-refractivity contribution in [3.63, 3.8) is 0 Å². The monoisotopic (exact) mass is 382 g/mol. The second-order valence-corrected chi connectivity index (χ2v) is 9.84. The lowest BCUT2D eigenvalue weighted by Gasteiger charge is -2.39. The lowest BCUT2D eigenvalue weighted by atomic mass is 9.67. The summed E-state index contributed by atoms with van der Waals surface area (Å²) < 4.78 is 5.05. The van der Waals surface area contributed by atoms with Crippen LogP contribution in [-0.4, -0.2) is 12.6 Å². The topological polar surface area (TPSA) is 26.3 Å². The molecule has 0 radical (unpaired) electrons. The first-order chi connectivity index (χ1) is 12.6. The third kappa shape index (κ3) is 4.03. The van der Waals surface area contributed by atoms with Gasteiger partial charge in [-0.1, -0.05) is 45.9 Å². The summed E-state index contributed by atoms with van der Waals surface area (Å²) in [6, 6.07) is 10.0. The number of rotatable bonds is 4. The molecule has 1 aliphatic rings. The van der Waals surface area contributed by atoms with Gasteiger partial charge in [0.15, 0.2) is 0 Å². The number of fused-ring (bicyclic) bond motifs is 1. The molecule has 0 spiro atoms. The zero-order valence-electron chi connectivity index (χ0n) is 17.3. The van der Waals surface area contributed by atoms with Crippen molar-refractivity contribution in [3.8, 4) is 0 Å². The Morgan fingerprint density at radius 1 is 1.11 bits per heavy atom. The molecule has 0 unspecified atom stereocenters. The molecular weight excluding hydrogens is 352 g/mol. The third-order valence-electron chi connectivity index (χ3n) is 5.64. The molecule has 0 atom stereocenters. The molecule has 3 rings (SSSR count). The first-order valence-electron chi connectivity index (χ1n) is 9.75. The number of hydrogen-bond acceptors (Lipinski definition) is 3. The number of allylic oxidation sites excluding steroid dienone is 1. The Labute approximate surface area is 167 Å². The zero-order valence-corrected chi connectivity index (χ0v) is 18.1. The van der Waals surface area contributed by atoms with Gasteiger partial charge in [-0.2, -0.15) is 0 Å². The maximum atomic E-state index is 11.8. The maximum absolute atomic E-state index is 11.8. The van der Waals surface area contributed by atoms with Gasteiger partial charge in [0.2, 0.25) is 0 Å².